The summed E-state index contributed by atoms with van der Waals surface area (Å²) in [6.45, 7) is 8.82. The minimum absolute atomic E-state index is 0.0494. The number of carbonyl (C=O) groups is 1. The van der Waals surface area contributed by atoms with Crippen LogP contribution in [0.15, 0.2) is 18.3 Å². The quantitative estimate of drug-likeness (QED) is 0.851. The van der Waals surface area contributed by atoms with E-state index in [4.69, 9.17) is 18.0 Å². The van der Waals surface area contributed by atoms with Gasteiger partial charge in [0.25, 0.3) is 5.91 Å². The highest BCUT2D eigenvalue weighted by Crippen LogP contribution is 2.19. The van der Waals surface area contributed by atoms with E-state index in [0.29, 0.717) is 23.6 Å². The van der Waals surface area contributed by atoms with E-state index in [1.54, 1.807) is 12.3 Å². The lowest BCUT2D eigenvalue weighted by atomic mass is 10.0. The van der Waals surface area contributed by atoms with Crippen LogP contribution in [0.1, 0.15) is 29.9 Å². The van der Waals surface area contributed by atoms with Crippen molar-refractivity contribution in [3.8, 4) is 0 Å². The molecule has 21 heavy (non-hydrogen) atoms. The van der Waals surface area contributed by atoms with Gasteiger partial charge in [-0.3, -0.25) is 14.7 Å². The number of thiocarbonyl (C=S) groups is 1. The Kier molecular flexibility index (Phi) is 4.58. The molecular formula is C15H22N4OS. The third kappa shape index (κ3) is 3.22. The van der Waals surface area contributed by atoms with Crippen LogP contribution in [0.5, 0.6) is 0 Å². The minimum Gasteiger partial charge on any atom is -0.392 e. The van der Waals surface area contributed by atoms with Gasteiger partial charge in [0, 0.05) is 38.1 Å². The third-order valence-corrected chi connectivity index (χ3v) is 4.70. The van der Waals surface area contributed by atoms with Crippen LogP contribution in [0, 0.1) is 6.92 Å². The Morgan fingerprint density at radius 1 is 1.33 bits per heavy atom. The Morgan fingerprint density at radius 2 is 1.95 bits per heavy atom. The Labute approximate surface area is 131 Å². The van der Waals surface area contributed by atoms with Crippen LogP contribution in [0.25, 0.3) is 0 Å². The lowest BCUT2D eigenvalue weighted by Crippen LogP contribution is -2.59. The fourth-order valence-electron chi connectivity index (χ4n) is 2.51. The van der Waals surface area contributed by atoms with Gasteiger partial charge in [-0.25, -0.2) is 0 Å². The molecule has 0 unspecified atom stereocenters. The summed E-state index contributed by atoms with van der Waals surface area (Å²) in [5, 5.41) is 0. The molecule has 6 heteroatoms. The van der Waals surface area contributed by atoms with Crippen molar-refractivity contribution in [1.82, 2.24) is 14.8 Å². The lowest BCUT2D eigenvalue weighted by molar-refractivity contribution is 0.0538. The first kappa shape index (κ1) is 15.9. The van der Waals surface area contributed by atoms with Crippen molar-refractivity contribution in [3.05, 3.63) is 29.6 Å². The summed E-state index contributed by atoms with van der Waals surface area (Å²) in [6, 6.07) is 3.63. The zero-order valence-electron chi connectivity index (χ0n) is 12.8. The topological polar surface area (TPSA) is 62.5 Å². The first-order valence-corrected chi connectivity index (χ1v) is 7.50. The van der Waals surface area contributed by atoms with Gasteiger partial charge in [-0.05, 0) is 32.9 Å². The largest absolute Gasteiger partial charge is 0.392 e. The van der Waals surface area contributed by atoms with Gasteiger partial charge in [0.15, 0.2) is 0 Å². The Balaban J connectivity index is 2.03. The molecule has 0 aromatic carbocycles. The lowest BCUT2D eigenvalue weighted by Gasteiger charge is -2.43. The van der Waals surface area contributed by atoms with E-state index in [1.807, 2.05) is 31.7 Å². The molecule has 1 aliphatic heterocycles. The second kappa shape index (κ2) is 6.07. The number of amides is 1. The van der Waals surface area contributed by atoms with Crippen LogP contribution >= 0.6 is 12.2 Å². The normalized spacial score (nSPS) is 16.8. The van der Waals surface area contributed by atoms with Crippen molar-refractivity contribution in [3.63, 3.8) is 0 Å². The SMILES string of the molecule is Cc1ncccc1C(=O)N1CCN(C(C)(C)C(N)=S)CC1. The number of aryl methyl sites for hydroxylation is 1. The molecule has 114 valence electrons. The van der Waals surface area contributed by atoms with Gasteiger partial charge in [0.2, 0.25) is 0 Å². The fraction of sp³-hybridized carbons (Fsp3) is 0.533. The third-order valence-electron chi connectivity index (χ3n) is 4.20. The molecule has 1 amide bonds. The average Bonchev–Trinajstić information content (AvgIpc) is 2.47. The van der Waals surface area contributed by atoms with Gasteiger partial charge in [0.05, 0.1) is 16.1 Å². The van der Waals surface area contributed by atoms with Gasteiger partial charge in [-0.1, -0.05) is 12.2 Å². The number of aromatic nitrogens is 1. The van der Waals surface area contributed by atoms with Gasteiger partial charge in [0.1, 0.15) is 0 Å². The van der Waals surface area contributed by atoms with Crippen LogP contribution in [0.3, 0.4) is 0 Å². The van der Waals surface area contributed by atoms with Crippen molar-refractivity contribution in [2.24, 2.45) is 5.73 Å². The molecule has 5 nitrogen and oxygen atoms in total. The van der Waals surface area contributed by atoms with E-state index in [-0.39, 0.29) is 11.4 Å². The Hall–Kier alpha value is -1.53. The fourth-order valence-corrected chi connectivity index (χ4v) is 2.63. The summed E-state index contributed by atoms with van der Waals surface area (Å²) in [5.74, 6) is 0.0494. The number of nitrogens with zero attached hydrogens (tertiary/aromatic N) is 3. The number of hydrogen-bond acceptors (Lipinski definition) is 4. The van der Waals surface area contributed by atoms with E-state index >= 15 is 0 Å². The Bertz CT molecular complexity index is 550. The predicted octanol–water partition coefficient (Wildman–Crippen LogP) is 1.21. The molecule has 2 rings (SSSR count). The van der Waals surface area contributed by atoms with Gasteiger partial charge in [-0.2, -0.15) is 0 Å². The van der Waals surface area contributed by atoms with Crippen molar-refractivity contribution in [2.45, 2.75) is 26.3 Å². The van der Waals surface area contributed by atoms with Crippen LogP contribution in [0.4, 0.5) is 0 Å². The first-order valence-electron chi connectivity index (χ1n) is 7.10. The molecule has 1 aromatic heterocycles. The maximum absolute atomic E-state index is 12.5. The van der Waals surface area contributed by atoms with Gasteiger partial charge >= 0.3 is 0 Å². The maximum Gasteiger partial charge on any atom is 0.255 e. The zero-order chi connectivity index (χ0) is 15.6. The second-order valence-corrected chi connectivity index (χ2v) is 6.28. The van der Waals surface area contributed by atoms with Crippen molar-refractivity contribution >= 4 is 23.1 Å². The van der Waals surface area contributed by atoms with Crippen molar-refractivity contribution in [1.29, 1.82) is 0 Å². The van der Waals surface area contributed by atoms with Crippen molar-refractivity contribution < 1.29 is 4.79 Å². The highest BCUT2D eigenvalue weighted by atomic mass is 32.1. The number of carbonyl (C=O) groups excluding carboxylic acids is 1. The van der Waals surface area contributed by atoms with Crippen LogP contribution in [0.2, 0.25) is 0 Å². The number of piperazine rings is 1. The van der Waals surface area contributed by atoms with E-state index in [2.05, 4.69) is 9.88 Å². The average molecular weight is 306 g/mol. The maximum atomic E-state index is 12.5. The molecule has 2 N–H and O–H groups in total. The second-order valence-electron chi connectivity index (χ2n) is 5.84. The molecule has 0 aliphatic carbocycles. The molecular weight excluding hydrogens is 284 g/mol. The zero-order valence-corrected chi connectivity index (χ0v) is 13.6. The monoisotopic (exact) mass is 306 g/mol. The highest BCUT2D eigenvalue weighted by Gasteiger charge is 2.33. The van der Waals surface area contributed by atoms with Crippen molar-refractivity contribution in [2.75, 3.05) is 26.2 Å². The van der Waals surface area contributed by atoms with Crippen LogP contribution in [-0.4, -0.2) is 57.4 Å². The summed E-state index contributed by atoms with van der Waals surface area (Å²) in [7, 11) is 0. The number of hydrogen-bond donors (Lipinski definition) is 1. The van der Waals surface area contributed by atoms with E-state index < -0.39 is 0 Å². The summed E-state index contributed by atoms with van der Waals surface area (Å²) >= 11 is 5.13. The molecule has 0 saturated carbocycles. The molecule has 2 heterocycles. The highest BCUT2D eigenvalue weighted by molar-refractivity contribution is 7.80. The molecule has 1 saturated heterocycles. The van der Waals surface area contributed by atoms with Gasteiger partial charge < -0.3 is 10.6 Å². The summed E-state index contributed by atoms with van der Waals surface area (Å²) in [6.07, 6.45) is 1.70. The number of nitrogens with two attached hydrogens (primary N) is 1. The van der Waals surface area contributed by atoms with Gasteiger partial charge in [-0.15, -0.1) is 0 Å². The Morgan fingerprint density at radius 3 is 2.48 bits per heavy atom. The van der Waals surface area contributed by atoms with E-state index in [0.717, 1.165) is 18.8 Å². The van der Waals surface area contributed by atoms with Crippen LogP contribution in [-0.2, 0) is 0 Å². The minimum atomic E-state index is -0.311. The number of rotatable bonds is 3. The molecule has 0 spiro atoms. The van der Waals surface area contributed by atoms with E-state index in [9.17, 15) is 4.79 Å². The molecule has 1 aliphatic rings. The summed E-state index contributed by atoms with van der Waals surface area (Å²) in [5.41, 5.74) is 6.95. The van der Waals surface area contributed by atoms with Crippen LogP contribution < -0.4 is 5.73 Å². The standard InChI is InChI=1S/C15H22N4OS/c1-11-12(5-4-6-17-11)13(20)18-7-9-19(10-8-18)15(2,3)14(16)21/h4-6H,7-10H2,1-3H3,(H2,16,21). The summed E-state index contributed by atoms with van der Waals surface area (Å²) < 4.78 is 0. The number of pyridine rings is 1. The molecule has 0 radical (unpaired) electrons. The molecule has 1 fully saturated rings. The first-order chi connectivity index (χ1) is 9.84. The summed E-state index contributed by atoms with van der Waals surface area (Å²) in [4.78, 5) is 21.3. The molecule has 1 aromatic rings. The molecule has 0 bridgehead atoms. The molecule has 0 atom stereocenters. The van der Waals surface area contributed by atoms with E-state index in [1.165, 1.54) is 0 Å². The predicted molar refractivity (Wildman–Crippen MR) is 87.3 cm³/mol. The smallest absolute Gasteiger partial charge is 0.255 e.